The van der Waals surface area contributed by atoms with Crippen molar-refractivity contribution in [1.82, 2.24) is 4.98 Å². The maximum absolute atomic E-state index is 12.1. The molecule has 1 aromatic rings. The number of hydrogen-bond acceptors (Lipinski definition) is 3. The molecule has 3 aliphatic rings. The smallest absolute Gasteiger partial charge is 0.185 e. The van der Waals surface area contributed by atoms with Gasteiger partial charge in [0, 0.05) is 11.3 Å². The van der Waals surface area contributed by atoms with Crippen molar-refractivity contribution in [3.05, 3.63) is 16.6 Å². The van der Waals surface area contributed by atoms with E-state index in [-0.39, 0.29) is 0 Å². The van der Waals surface area contributed by atoms with Gasteiger partial charge in [0.2, 0.25) is 0 Å². The normalized spacial score (nSPS) is 45.5. The summed E-state index contributed by atoms with van der Waals surface area (Å²) in [6, 6.07) is 0. The van der Waals surface area contributed by atoms with Crippen molar-refractivity contribution < 1.29 is 4.79 Å². The Kier molecular flexibility index (Phi) is 1.52. The number of nitrogens with zero attached hydrogens (tertiary/aromatic N) is 1. The number of aromatic nitrogens is 1. The third kappa shape index (κ3) is 0.996. The second kappa shape index (κ2) is 2.70. The third-order valence-corrected chi connectivity index (χ3v) is 5.31. The highest BCUT2D eigenvalue weighted by Crippen LogP contribution is 2.69. The standard InChI is InChI=1S/C12H13NOS/c14-12(8-4-15-5-13-8)11-9-6-1-2-7(3-6)10(9)11/h4-7,9-11H,1-3H2. The summed E-state index contributed by atoms with van der Waals surface area (Å²) >= 11 is 1.53. The van der Waals surface area contributed by atoms with Gasteiger partial charge in [-0.15, -0.1) is 11.3 Å². The zero-order valence-electron chi connectivity index (χ0n) is 8.43. The Balaban J connectivity index is 1.60. The first kappa shape index (κ1) is 8.45. The molecule has 3 fully saturated rings. The Bertz CT molecular complexity index is 397. The largest absolute Gasteiger partial charge is 0.292 e. The molecule has 3 aliphatic carbocycles. The lowest BCUT2D eigenvalue weighted by atomic mass is 9.99. The van der Waals surface area contributed by atoms with Gasteiger partial charge >= 0.3 is 0 Å². The maximum Gasteiger partial charge on any atom is 0.185 e. The fraction of sp³-hybridized carbons (Fsp3) is 0.667. The van der Waals surface area contributed by atoms with E-state index in [0.29, 0.717) is 11.7 Å². The van der Waals surface area contributed by atoms with Crippen LogP contribution in [0.5, 0.6) is 0 Å². The third-order valence-electron chi connectivity index (χ3n) is 4.72. The Hall–Kier alpha value is -0.700. The van der Waals surface area contributed by atoms with Crippen LogP contribution in [0.4, 0.5) is 0 Å². The van der Waals surface area contributed by atoms with Crippen molar-refractivity contribution in [3.63, 3.8) is 0 Å². The topological polar surface area (TPSA) is 30.0 Å². The van der Waals surface area contributed by atoms with Crippen LogP contribution in [0.2, 0.25) is 0 Å². The van der Waals surface area contributed by atoms with Crippen molar-refractivity contribution >= 4 is 17.1 Å². The number of thiazole rings is 1. The van der Waals surface area contributed by atoms with Crippen LogP contribution in [-0.4, -0.2) is 10.8 Å². The van der Waals surface area contributed by atoms with E-state index in [9.17, 15) is 4.79 Å². The van der Waals surface area contributed by atoms with Gasteiger partial charge < -0.3 is 0 Å². The summed E-state index contributed by atoms with van der Waals surface area (Å²) in [5, 5.41) is 1.90. The van der Waals surface area contributed by atoms with Gasteiger partial charge in [0.15, 0.2) is 5.78 Å². The minimum absolute atomic E-state index is 0.336. The highest BCUT2D eigenvalue weighted by molar-refractivity contribution is 7.07. The zero-order valence-corrected chi connectivity index (χ0v) is 9.24. The van der Waals surface area contributed by atoms with Gasteiger partial charge in [0.1, 0.15) is 5.69 Å². The van der Waals surface area contributed by atoms with Crippen LogP contribution in [0.25, 0.3) is 0 Å². The molecular formula is C12H13NOS. The highest BCUT2D eigenvalue weighted by atomic mass is 32.1. The quantitative estimate of drug-likeness (QED) is 0.716. The van der Waals surface area contributed by atoms with Crippen LogP contribution in [-0.2, 0) is 0 Å². The van der Waals surface area contributed by atoms with Crippen LogP contribution in [0.1, 0.15) is 29.8 Å². The first-order valence-electron chi connectivity index (χ1n) is 5.78. The molecule has 4 unspecified atom stereocenters. The molecule has 2 bridgehead atoms. The van der Waals surface area contributed by atoms with E-state index in [1.54, 1.807) is 5.51 Å². The molecule has 78 valence electrons. The molecular weight excluding hydrogens is 206 g/mol. The van der Waals surface area contributed by atoms with Crippen LogP contribution >= 0.6 is 11.3 Å². The van der Waals surface area contributed by atoms with Gasteiger partial charge in [-0.1, -0.05) is 0 Å². The van der Waals surface area contributed by atoms with E-state index < -0.39 is 0 Å². The van der Waals surface area contributed by atoms with Crippen LogP contribution in [0.3, 0.4) is 0 Å². The Labute approximate surface area is 92.7 Å². The number of ketones is 1. The molecule has 1 aromatic heterocycles. The minimum Gasteiger partial charge on any atom is -0.292 e. The maximum atomic E-state index is 12.1. The van der Waals surface area contributed by atoms with Gasteiger partial charge in [0.25, 0.3) is 0 Å². The summed E-state index contributed by atoms with van der Waals surface area (Å²) in [6.07, 6.45) is 4.18. The summed E-state index contributed by atoms with van der Waals surface area (Å²) in [5.74, 6) is 3.96. The van der Waals surface area contributed by atoms with E-state index in [1.807, 2.05) is 5.38 Å². The monoisotopic (exact) mass is 219 g/mol. The lowest BCUT2D eigenvalue weighted by Gasteiger charge is -2.05. The molecule has 0 radical (unpaired) electrons. The molecule has 0 saturated heterocycles. The van der Waals surface area contributed by atoms with Crippen molar-refractivity contribution in [2.75, 3.05) is 0 Å². The van der Waals surface area contributed by atoms with E-state index in [4.69, 9.17) is 0 Å². The molecule has 2 nitrogen and oxygen atoms in total. The summed E-state index contributed by atoms with van der Waals surface area (Å²) in [6.45, 7) is 0. The number of carbonyl (C=O) groups excluding carboxylic acids is 1. The number of Topliss-reactive ketones (excluding diaryl/α,β-unsaturated/α-hetero) is 1. The molecule has 4 rings (SSSR count). The molecule has 0 aromatic carbocycles. The molecule has 3 saturated carbocycles. The average molecular weight is 219 g/mol. The lowest BCUT2D eigenvalue weighted by molar-refractivity contribution is 0.0940. The number of hydrogen-bond donors (Lipinski definition) is 0. The fourth-order valence-electron chi connectivity index (χ4n) is 4.18. The molecule has 0 amide bonds. The van der Waals surface area contributed by atoms with Crippen LogP contribution in [0.15, 0.2) is 10.9 Å². The van der Waals surface area contributed by atoms with Crippen molar-refractivity contribution in [1.29, 1.82) is 0 Å². The molecule has 3 heteroatoms. The molecule has 0 N–H and O–H groups in total. The number of carbonyl (C=O) groups is 1. The summed E-state index contributed by atoms with van der Waals surface area (Å²) < 4.78 is 0. The Morgan fingerprint density at radius 1 is 1.33 bits per heavy atom. The van der Waals surface area contributed by atoms with Gasteiger partial charge in [-0.05, 0) is 42.9 Å². The Morgan fingerprint density at radius 3 is 2.67 bits per heavy atom. The second-order valence-corrected chi connectivity index (χ2v) is 5.97. The average Bonchev–Trinajstić information content (AvgIpc) is 2.70. The van der Waals surface area contributed by atoms with Crippen LogP contribution in [0, 0.1) is 29.6 Å². The fourth-order valence-corrected chi connectivity index (χ4v) is 4.72. The number of rotatable bonds is 2. The molecule has 1 heterocycles. The van der Waals surface area contributed by atoms with E-state index in [1.165, 1.54) is 30.6 Å². The predicted molar refractivity (Wildman–Crippen MR) is 57.7 cm³/mol. The van der Waals surface area contributed by atoms with E-state index in [2.05, 4.69) is 4.98 Å². The summed E-state index contributed by atoms with van der Waals surface area (Å²) in [7, 11) is 0. The van der Waals surface area contributed by atoms with Crippen molar-refractivity contribution in [2.24, 2.45) is 29.6 Å². The van der Waals surface area contributed by atoms with Gasteiger partial charge in [-0.25, -0.2) is 4.98 Å². The lowest BCUT2D eigenvalue weighted by Crippen LogP contribution is -2.10. The van der Waals surface area contributed by atoms with E-state index >= 15 is 0 Å². The Morgan fingerprint density at radius 2 is 2.07 bits per heavy atom. The molecule has 4 atom stereocenters. The van der Waals surface area contributed by atoms with Crippen molar-refractivity contribution in [3.8, 4) is 0 Å². The summed E-state index contributed by atoms with van der Waals surface area (Å²) in [4.78, 5) is 16.3. The number of fused-ring (bicyclic) bond motifs is 5. The highest BCUT2D eigenvalue weighted by Gasteiger charge is 2.67. The zero-order chi connectivity index (χ0) is 9.99. The van der Waals surface area contributed by atoms with Gasteiger partial charge in [0.05, 0.1) is 5.51 Å². The second-order valence-electron chi connectivity index (χ2n) is 5.25. The van der Waals surface area contributed by atoms with E-state index in [0.717, 1.165) is 29.4 Å². The predicted octanol–water partition coefficient (Wildman–Crippen LogP) is 2.62. The molecule has 0 spiro atoms. The summed E-state index contributed by atoms with van der Waals surface area (Å²) in [5.41, 5.74) is 2.49. The van der Waals surface area contributed by atoms with Gasteiger partial charge in [-0.3, -0.25) is 4.79 Å². The van der Waals surface area contributed by atoms with Crippen molar-refractivity contribution in [2.45, 2.75) is 19.3 Å². The van der Waals surface area contributed by atoms with Gasteiger partial charge in [-0.2, -0.15) is 0 Å². The minimum atomic E-state index is 0.336. The first-order valence-corrected chi connectivity index (χ1v) is 6.73. The molecule has 0 aliphatic heterocycles. The van der Waals surface area contributed by atoms with Crippen LogP contribution < -0.4 is 0 Å². The molecule has 15 heavy (non-hydrogen) atoms. The first-order chi connectivity index (χ1) is 7.36. The SMILES string of the molecule is O=C(c1cscn1)C1C2C3CCC(C3)C12.